The van der Waals surface area contributed by atoms with Crippen LogP contribution in [0, 0.1) is 5.82 Å². The molecule has 0 heterocycles. The lowest BCUT2D eigenvalue weighted by atomic mass is 9.96. The largest absolute Gasteiger partial charge is 0.206 e. The summed E-state index contributed by atoms with van der Waals surface area (Å²) in [6, 6.07) is 10.9. The molecule has 0 saturated carbocycles. The molecule has 18 heavy (non-hydrogen) atoms. The number of halogens is 2. The molecule has 0 aliphatic carbocycles. The van der Waals surface area contributed by atoms with Crippen molar-refractivity contribution in [2.75, 3.05) is 0 Å². The monoisotopic (exact) mass is 262 g/mol. The maximum atomic E-state index is 13.9. The zero-order chi connectivity index (χ0) is 13.1. The first-order chi connectivity index (χ1) is 8.65. The van der Waals surface area contributed by atoms with Crippen molar-refractivity contribution in [1.29, 1.82) is 0 Å². The Kier molecular flexibility index (Phi) is 4.03. The molecule has 0 saturated heterocycles. The van der Waals surface area contributed by atoms with E-state index in [2.05, 4.69) is 26.0 Å². The lowest BCUT2D eigenvalue weighted by Crippen LogP contribution is -1.93. The quantitative estimate of drug-likeness (QED) is 0.707. The molecule has 0 bridgehead atoms. The standard InChI is InChI=1S/C16H16ClF/c1-3-11-5-6-13(9-12(11)4-2)15-8-7-14(17)10-16(15)18/h5-10H,3-4H2,1-2H3. The second-order valence-electron chi connectivity index (χ2n) is 4.31. The maximum absolute atomic E-state index is 13.9. The predicted molar refractivity (Wildman–Crippen MR) is 75.6 cm³/mol. The highest BCUT2D eigenvalue weighted by Gasteiger charge is 2.08. The molecular formula is C16H16ClF. The zero-order valence-electron chi connectivity index (χ0n) is 10.6. The van der Waals surface area contributed by atoms with Crippen molar-refractivity contribution in [1.82, 2.24) is 0 Å². The molecule has 0 unspecified atom stereocenters. The van der Waals surface area contributed by atoms with Gasteiger partial charge in [0.1, 0.15) is 5.82 Å². The summed E-state index contributed by atoms with van der Waals surface area (Å²) in [6.07, 6.45) is 1.97. The Morgan fingerprint density at radius 2 is 1.67 bits per heavy atom. The highest BCUT2D eigenvalue weighted by Crippen LogP contribution is 2.27. The molecule has 0 aliphatic rings. The summed E-state index contributed by atoms with van der Waals surface area (Å²) in [5.41, 5.74) is 4.13. The van der Waals surface area contributed by atoms with E-state index in [-0.39, 0.29) is 5.82 Å². The van der Waals surface area contributed by atoms with Crippen molar-refractivity contribution in [3.05, 3.63) is 58.4 Å². The first kappa shape index (κ1) is 13.1. The molecule has 0 nitrogen and oxygen atoms in total. The topological polar surface area (TPSA) is 0 Å². The van der Waals surface area contributed by atoms with Crippen LogP contribution in [-0.2, 0) is 12.8 Å². The van der Waals surface area contributed by atoms with Gasteiger partial charge < -0.3 is 0 Å². The zero-order valence-corrected chi connectivity index (χ0v) is 11.4. The summed E-state index contributed by atoms with van der Waals surface area (Å²) < 4.78 is 13.9. The van der Waals surface area contributed by atoms with Gasteiger partial charge in [0, 0.05) is 10.6 Å². The van der Waals surface area contributed by atoms with Crippen LogP contribution >= 0.6 is 11.6 Å². The fourth-order valence-corrected chi connectivity index (χ4v) is 2.35. The van der Waals surface area contributed by atoms with Gasteiger partial charge in [0.25, 0.3) is 0 Å². The van der Waals surface area contributed by atoms with Crippen molar-refractivity contribution in [3.63, 3.8) is 0 Å². The molecule has 0 amide bonds. The van der Waals surface area contributed by atoms with E-state index < -0.39 is 0 Å². The summed E-state index contributed by atoms with van der Waals surface area (Å²) in [6.45, 7) is 4.26. The smallest absolute Gasteiger partial charge is 0.132 e. The van der Waals surface area contributed by atoms with Crippen LogP contribution < -0.4 is 0 Å². The van der Waals surface area contributed by atoms with Gasteiger partial charge in [-0.05, 0) is 47.7 Å². The van der Waals surface area contributed by atoms with E-state index in [1.807, 2.05) is 6.07 Å². The second kappa shape index (κ2) is 5.53. The van der Waals surface area contributed by atoms with Crippen molar-refractivity contribution < 1.29 is 4.39 Å². The minimum absolute atomic E-state index is 0.270. The fraction of sp³-hybridized carbons (Fsp3) is 0.250. The van der Waals surface area contributed by atoms with Gasteiger partial charge in [-0.2, -0.15) is 0 Å². The first-order valence-electron chi connectivity index (χ1n) is 6.23. The highest BCUT2D eigenvalue weighted by molar-refractivity contribution is 6.30. The molecule has 2 aromatic rings. The molecule has 0 spiro atoms. The van der Waals surface area contributed by atoms with E-state index in [1.165, 1.54) is 17.2 Å². The van der Waals surface area contributed by atoms with Crippen molar-refractivity contribution in [3.8, 4) is 11.1 Å². The van der Waals surface area contributed by atoms with Crippen molar-refractivity contribution in [2.45, 2.75) is 26.7 Å². The Morgan fingerprint density at radius 1 is 0.944 bits per heavy atom. The molecule has 94 valence electrons. The van der Waals surface area contributed by atoms with Gasteiger partial charge in [0.2, 0.25) is 0 Å². The summed E-state index contributed by atoms with van der Waals surface area (Å²) in [4.78, 5) is 0. The normalized spacial score (nSPS) is 10.7. The highest BCUT2D eigenvalue weighted by atomic mass is 35.5. The minimum Gasteiger partial charge on any atom is -0.206 e. The molecule has 0 atom stereocenters. The van der Waals surface area contributed by atoms with Crippen LogP contribution in [0.5, 0.6) is 0 Å². The molecule has 0 N–H and O–H groups in total. The third-order valence-electron chi connectivity index (χ3n) is 3.21. The molecule has 0 aliphatic heterocycles. The first-order valence-corrected chi connectivity index (χ1v) is 6.60. The number of hydrogen-bond donors (Lipinski definition) is 0. The maximum Gasteiger partial charge on any atom is 0.132 e. The van der Waals surface area contributed by atoms with E-state index in [9.17, 15) is 4.39 Å². The van der Waals surface area contributed by atoms with Gasteiger partial charge in [-0.15, -0.1) is 0 Å². The SMILES string of the molecule is CCc1ccc(-c2ccc(Cl)cc2F)cc1CC. The molecule has 0 aromatic heterocycles. The average molecular weight is 263 g/mol. The van der Waals surface area contributed by atoms with Gasteiger partial charge >= 0.3 is 0 Å². The Labute approximate surface area is 112 Å². The fourth-order valence-electron chi connectivity index (χ4n) is 2.19. The van der Waals surface area contributed by atoms with Gasteiger partial charge in [-0.25, -0.2) is 4.39 Å². The van der Waals surface area contributed by atoms with Crippen molar-refractivity contribution >= 4 is 11.6 Å². The van der Waals surface area contributed by atoms with Crippen LogP contribution in [0.1, 0.15) is 25.0 Å². The van der Waals surface area contributed by atoms with E-state index in [0.29, 0.717) is 10.6 Å². The predicted octanol–water partition coefficient (Wildman–Crippen LogP) is 5.27. The lowest BCUT2D eigenvalue weighted by molar-refractivity contribution is 0.631. The number of hydrogen-bond acceptors (Lipinski definition) is 0. The summed E-state index contributed by atoms with van der Waals surface area (Å²) in [5, 5.41) is 0.428. The molecule has 0 radical (unpaired) electrons. The third kappa shape index (κ3) is 2.56. The Bertz CT molecular complexity index is 561. The third-order valence-corrected chi connectivity index (χ3v) is 3.45. The van der Waals surface area contributed by atoms with E-state index in [4.69, 9.17) is 11.6 Å². The van der Waals surface area contributed by atoms with E-state index >= 15 is 0 Å². The summed E-state index contributed by atoms with van der Waals surface area (Å²) >= 11 is 5.77. The summed E-state index contributed by atoms with van der Waals surface area (Å²) in [7, 11) is 0. The van der Waals surface area contributed by atoms with E-state index in [1.54, 1.807) is 12.1 Å². The molecule has 0 fully saturated rings. The van der Waals surface area contributed by atoms with Crippen LogP contribution in [0.15, 0.2) is 36.4 Å². The van der Waals surface area contributed by atoms with Crippen molar-refractivity contribution in [2.24, 2.45) is 0 Å². The van der Waals surface area contributed by atoms with Crippen LogP contribution in [0.3, 0.4) is 0 Å². The average Bonchev–Trinajstić information content (AvgIpc) is 2.38. The number of benzene rings is 2. The van der Waals surface area contributed by atoms with Gasteiger partial charge in [0.05, 0.1) is 0 Å². The Morgan fingerprint density at radius 3 is 2.28 bits per heavy atom. The van der Waals surface area contributed by atoms with Gasteiger partial charge in [0.15, 0.2) is 0 Å². The van der Waals surface area contributed by atoms with Crippen LogP contribution in [-0.4, -0.2) is 0 Å². The van der Waals surface area contributed by atoms with Crippen LogP contribution in [0.25, 0.3) is 11.1 Å². The van der Waals surface area contributed by atoms with Crippen LogP contribution in [0.4, 0.5) is 4.39 Å². The molecular weight excluding hydrogens is 247 g/mol. The van der Waals surface area contributed by atoms with E-state index in [0.717, 1.165) is 18.4 Å². The molecule has 2 rings (SSSR count). The molecule has 2 aromatic carbocycles. The number of aryl methyl sites for hydroxylation is 2. The number of rotatable bonds is 3. The molecule has 2 heteroatoms. The van der Waals surface area contributed by atoms with Crippen LogP contribution in [0.2, 0.25) is 5.02 Å². The summed E-state index contributed by atoms with van der Waals surface area (Å²) in [5.74, 6) is -0.270. The lowest BCUT2D eigenvalue weighted by Gasteiger charge is -2.10. The Balaban J connectivity index is 2.51. The van der Waals surface area contributed by atoms with Gasteiger partial charge in [-0.1, -0.05) is 43.6 Å². The Hall–Kier alpha value is -1.34. The second-order valence-corrected chi connectivity index (χ2v) is 4.75. The minimum atomic E-state index is -0.270. The van der Waals surface area contributed by atoms with Gasteiger partial charge in [-0.3, -0.25) is 0 Å².